The number of aromatic amines is 1. The Bertz CT molecular complexity index is 724. The van der Waals surface area contributed by atoms with E-state index in [9.17, 15) is 9.59 Å². The molecule has 6 heteroatoms. The number of carbonyl (C=O) groups is 1. The Morgan fingerprint density at radius 1 is 1.53 bits per heavy atom. The minimum absolute atomic E-state index is 0.259. The van der Waals surface area contributed by atoms with Gasteiger partial charge in [0.25, 0.3) is 5.56 Å². The zero-order valence-corrected chi connectivity index (χ0v) is 11.0. The average molecular weight is 273 g/mol. The van der Waals surface area contributed by atoms with Crippen molar-refractivity contribution in [2.24, 2.45) is 0 Å². The van der Waals surface area contributed by atoms with E-state index in [-0.39, 0.29) is 17.2 Å². The van der Waals surface area contributed by atoms with Gasteiger partial charge in [0.1, 0.15) is 5.69 Å². The molecule has 5 nitrogen and oxygen atoms in total. The van der Waals surface area contributed by atoms with Gasteiger partial charge in [-0.2, -0.15) is 0 Å². The minimum Gasteiger partial charge on any atom is -0.323 e. The first kappa shape index (κ1) is 12.0. The number of nitrogens with zero attached hydrogens (tertiary/aromatic N) is 1. The SMILES string of the molecule is CC(=O)Nc1cc2c([nH]c1=O)CSc1cccnc1-2. The Morgan fingerprint density at radius 2 is 2.37 bits per heavy atom. The van der Waals surface area contributed by atoms with Gasteiger partial charge in [0, 0.05) is 35.0 Å². The van der Waals surface area contributed by atoms with E-state index in [0.717, 1.165) is 21.8 Å². The van der Waals surface area contributed by atoms with E-state index in [2.05, 4.69) is 15.3 Å². The molecule has 1 aliphatic heterocycles. The molecule has 2 aromatic heterocycles. The monoisotopic (exact) mass is 273 g/mol. The van der Waals surface area contributed by atoms with Crippen LogP contribution in [0.5, 0.6) is 0 Å². The number of carbonyl (C=O) groups excluding carboxylic acids is 1. The maximum atomic E-state index is 11.8. The zero-order valence-electron chi connectivity index (χ0n) is 10.2. The normalized spacial score (nSPS) is 12.5. The van der Waals surface area contributed by atoms with Crippen molar-refractivity contribution < 1.29 is 4.79 Å². The summed E-state index contributed by atoms with van der Waals surface area (Å²) in [7, 11) is 0. The summed E-state index contributed by atoms with van der Waals surface area (Å²) in [6, 6.07) is 5.58. The first-order valence-corrected chi connectivity index (χ1v) is 6.75. The van der Waals surface area contributed by atoms with E-state index in [1.807, 2.05) is 12.1 Å². The molecular weight excluding hydrogens is 262 g/mol. The Kier molecular flexibility index (Phi) is 2.87. The minimum atomic E-state index is -0.283. The number of amides is 1. The van der Waals surface area contributed by atoms with E-state index in [1.54, 1.807) is 24.0 Å². The van der Waals surface area contributed by atoms with Crippen LogP contribution in [0.15, 0.2) is 34.1 Å². The molecule has 0 aliphatic carbocycles. The van der Waals surface area contributed by atoms with E-state index in [0.29, 0.717) is 5.75 Å². The smallest absolute Gasteiger partial charge is 0.271 e. The number of aromatic nitrogens is 2. The fourth-order valence-electron chi connectivity index (χ4n) is 2.04. The molecule has 0 saturated heterocycles. The lowest BCUT2D eigenvalue weighted by atomic mass is 10.1. The molecule has 1 amide bonds. The number of pyridine rings is 2. The third-order valence-electron chi connectivity index (χ3n) is 2.83. The van der Waals surface area contributed by atoms with Crippen molar-refractivity contribution in [3.05, 3.63) is 40.4 Å². The van der Waals surface area contributed by atoms with Gasteiger partial charge in [0.2, 0.25) is 5.91 Å². The largest absolute Gasteiger partial charge is 0.323 e. The number of nitrogens with one attached hydrogen (secondary N) is 2. The molecule has 3 rings (SSSR count). The fraction of sp³-hybridized carbons (Fsp3) is 0.154. The number of hydrogen-bond acceptors (Lipinski definition) is 4. The molecule has 0 spiro atoms. The van der Waals surface area contributed by atoms with Crippen LogP contribution in [0.25, 0.3) is 11.3 Å². The predicted octanol–water partition coefficient (Wildman–Crippen LogP) is 2.00. The van der Waals surface area contributed by atoms with Crippen LogP contribution in [0.4, 0.5) is 5.69 Å². The van der Waals surface area contributed by atoms with Crippen molar-refractivity contribution >= 4 is 23.4 Å². The molecule has 19 heavy (non-hydrogen) atoms. The first-order valence-electron chi connectivity index (χ1n) is 5.77. The molecule has 96 valence electrons. The molecule has 0 radical (unpaired) electrons. The molecule has 0 atom stereocenters. The number of rotatable bonds is 1. The Labute approximate surface area is 113 Å². The molecule has 1 aliphatic rings. The van der Waals surface area contributed by atoms with Crippen LogP contribution in [0.2, 0.25) is 0 Å². The van der Waals surface area contributed by atoms with Crippen molar-refractivity contribution in [2.75, 3.05) is 5.32 Å². The summed E-state index contributed by atoms with van der Waals surface area (Å²) in [5, 5.41) is 2.54. The molecule has 3 heterocycles. The molecule has 0 aromatic carbocycles. The number of fused-ring (bicyclic) bond motifs is 3. The van der Waals surface area contributed by atoms with Crippen LogP contribution in [0.1, 0.15) is 12.6 Å². The van der Waals surface area contributed by atoms with Gasteiger partial charge in [-0.25, -0.2) is 0 Å². The lowest BCUT2D eigenvalue weighted by molar-refractivity contribution is -0.114. The van der Waals surface area contributed by atoms with E-state index in [4.69, 9.17) is 0 Å². The van der Waals surface area contributed by atoms with E-state index in [1.165, 1.54) is 6.92 Å². The second-order valence-electron chi connectivity index (χ2n) is 4.22. The van der Waals surface area contributed by atoms with Gasteiger partial charge in [-0.15, -0.1) is 11.8 Å². The van der Waals surface area contributed by atoms with Gasteiger partial charge < -0.3 is 10.3 Å². The van der Waals surface area contributed by atoms with Gasteiger partial charge in [-0.1, -0.05) is 0 Å². The summed E-state index contributed by atoms with van der Waals surface area (Å²) in [6.45, 7) is 1.38. The molecule has 0 saturated carbocycles. The number of H-pyrrole nitrogens is 1. The number of anilines is 1. The standard InChI is InChI=1S/C13H11N3O2S/c1-7(17)15-9-5-8-10(16-13(9)18)6-19-11-3-2-4-14-12(8)11/h2-5H,6H2,1H3,(H,15,17)(H,16,18). The van der Waals surface area contributed by atoms with E-state index < -0.39 is 0 Å². The highest BCUT2D eigenvalue weighted by atomic mass is 32.2. The maximum absolute atomic E-state index is 11.8. The van der Waals surface area contributed by atoms with Crippen LogP contribution in [0, 0.1) is 0 Å². The van der Waals surface area contributed by atoms with Crippen LogP contribution < -0.4 is 10.9 Å². The topological polar surface area (TPSA) is 74.8 Å². The van der Waals surface area contributed by atoms with E-state index >= 15 is 0 Å². The quantitative estimate of drug-likeness (QED) is 0.833. The molecule has 0 bridgehead atoms. The lowest BCUT2D eigenvalue weighted by Gasteiger charge is -2.18. The molecule has 2 aromatic rings. The van der Waals surface area contributed by atoms with Crippen molar-refractivity contribution in [3.8, 4) is 11.3 Å². The summed E-state index contributed by atoms with van der Waals surface area (Å²) in [5.41, 5.74) is 2.54. The summed E-state index contributed by atoms with van der Waals surface area (Å²) in [6.07, 6.45) is 1.72. The second kappa shape index (κ2) is 4.55. The number of thioether (sulfide) groups is 1. The molecule has 0 unspecified atom stereocenters. The predicted molar refractivity (Wildman–Crippen MR) is 74.2 cm³/mol. The first-order chi connectivity index (χ1) is 9.15. The van der Waals surface area contributed by atoms with Crippen molar-refractivity contribution in [1.29, 1.82) is 0 Å². The second-order valence-corrected chi connectivity index (χ2v) is 5.24. The molecule has 0 fully saturated rings. The van der Waals surface area contributed by atoms with Crippen LogP contribution >= 0.6 is 11.8 Å². The van der Waals surface area contributed by atoms with Crippen molar-refractivity contribution in [2.45, 2.75) is 17.6 Å². The zero-order chi connectivity index (χ0) is 13.4. The van der Waals surface area contributed by atoms with Crippen molar-refractivity contribution in [3.63, 3.8) is 0 Å². The summed E-state index contributed by atoms with van der Waals surface area (Å²) in [5.74, 6) is 0.431. The van der Waals surface area contributed by atoms with Gasteiger partial charge in [-0.05, 0) is 18.2 Å². The molecular formula is C13H11N3O2S. The van der Waals surface area contributed by atoms with Gasteiger partial charge in [-0.3, -0.25) is 14.6 Å². The Morgan fingerprint density at radius 3 is 3.16 bits per heavy atom. The van der Waals surface area contributed by atoms with Gasteiger partial charge in [0.05, 0.1) is 5.69 Å². The third-order valence-corrected chi connectivity index (χ3v) is 3.90. The third kappa shape index (κ3) is 2.15. The van der Waals surface area contributed by atoms with Gasteiger partial charge >= 0.3 is 0 Å². The fourth-order valence-corrected chi connectivity index (χ4v) is 3.04. The van der Waals surface area contributed by atoms with Crippen molar-refractivity contribution in [1.82, 2.24) is 9.97 Å². The summed E-state index contributed by atoms with van der Waals surface area (Å²) in [4.78, 5) is 31.2. The summed E-state index contributed by atoms with van der Waals surface area (Å²) < 4.78 is 0. The Hall–Kier alpha value is -2.08. The Balaban J connectivity index is 2.18. The highest BCUT2D eigenvalue weighted by Gasteiger charge is 2.20. The van der Waals surface area contributed by atoms with Crippen LogP contribution in [-0.2, 0) is 10.5 Å². The van der Waals surface area contributed by atoms with Crippen LogP contribution in [-0.4, -0.2) is 15.9 Å². The number of hydrogen-bond donors (Lipinski definition) is 2. The summed E-state index contributed by atoms with van der Waals surface area (Å²) >= 11 is 1.64. The van der Waals surface area contributed by atoms with Crippen LogP contribution in [0.3, 0.4) is 0 Å². The lowest BCUT2D eigenvalue weighted by Crippen LogP contribution is -2.20. The van der Waals surface area contributed by atoms with Gasteiger partial charge in [0.15, 0.2) is 0 Å². The highest BCUT2D eigenvalue weighted by molar-refractivity contribution is 7.98. The average Bonchev–Trinajstić information content (AvgIpc) is 2.39. The molecule has 2 N–H and O–H groups in total. The maximum Gasteiger partial charge on any atom is 0.271 e. The highest BCUT2D eigenvalue weighted by Crippen LogP contribution is 2.39.